The van der Waals surface area contributed by atoms with E-state index in [1.54, 1.807) is 18.2 Å². The Hall–Kier alpha value is -2.82. The number of rotatable bonds is 4. The first-order valence-electron chi connectivity index (χ1n) is 5.73. The largest absolute Gasteiger partial charge is 0.545 e. The highest BCUT2D eigenvalue weighted by atomic mass is 16.5. The van der Waals surface area contributed by atoms with Crippen molar-refractivity contribution in [2.45, 2.75) is 0 Å². The van der Waals surface area contributed by atoms with Crippen molar-refractivity contribution < 1.29 is 24.5 Å². The molecule has 0 aliphatic heterocycles. The predicted octanol–water partition coefficient (Wildman–Crippen LogP) is 0.0892. The summed E-state index contributed by atoms with van der Waals surface area (Å²) in [6.45, 7) is 0. The molecule has 0 aliphatic carbocycles. The molecule has 5 heteroatoms. The van der Waals surface area contributed by atoms with Crippen LogP contribution in [0.15, 0.2) is 42.5 Å². The molecule has 20 heavy (non-hydrogen) atoms. The first kappa shape index (κ1) is 13.6. The highest BCUT2D eigenvalue weighted by Crippen LogP contribution is 2.26. The summed E-state index contributed by atoms with van der Waals surface area (Å²) in [5.74, 6) is -2.28. The summed E-state index contributed by atoms with van der Waals surface area (Å²) in [6, 6.07) is 10.4. The van der Waals surface area contributed by atoms with Gasteiger partial charge in [0.05, 0.1) is 19.0 Å². The Bertz CT molecular complexity index is 676. The zero-order valence-electron chi connectivity index (χ0n) is 10.6. The summed E-state index contributed by atoms with van der Waals surface area (Å²) >= 11 is 0. The first-order chi connectivity index (χ1) is 9.51. The zero-order valence-corrected chi connectivity index (χ0v) is 10.6. The van der Waals surface area contributed by atoms with E-state index in [1.165, 1.54) is 31.4 Å². The summed E-state index contributed by atoms with van der Waals surface area (Å²) in [4.78, 5) is 21.8. The van der Waals surface area contributed by atoms with Crippen LogP contribution in [0.4, 0.5) is 0 Å². The molecule has 2 aromatic carbocycles. The van der Waals surface area contributed by atoms with Crippen LogP contribution in [-0.4, -0.2) is 19.0 Å². The van der Waals surface area contributed by atoms with Crippen LogP contribution in [-0.2, 0) is 0 Å². The van der Waals surface area contributed by atoms with Gasteiger partial charge in [-0.15, -0.1) is 0 Å². The fourth-order valence-corrected chi connectivity index (χ4v) is 1.83. The first-order valence-corrected chi connectivity index (χ1v) is 5.73. The van der Waals surface area contributed by atoms with Gasteiger partial charge in [0.25, 0.3) is 0 Å². The van der Waals surface area contributed by atoms with E-state index in [-0.39, 0.29) is 11.1 Å². The Kier molecular flexibility index (Phi) is 3.70. The average molecular weight is 270 g/mol. The SMILES string of the molecule is COc1cc(C(=O)[O-])cc(-c2cccc(C(=O)[O-])c2)c1. The minimum absolute atomic E-state index is 0.0142. The van der Waals surface area contributed by atoms with Crippen LogP contribution in [0.5, 0.6) is 5.75 Å². The van der Waals surface area contributed by atoms with Crippen molar-refractivity contribution in [1.82, 2.24) is 0 Å². The Morgan fingerprint density at radius 1 is 0.900 bits per heavy atom. The molecule has 102 valence electrons. The van der Waals surface area contributed by atoms with Crippen molar-refractivity contribution in [2.24, 2.45) is 0 Å². The molecular formula is C15H10O5-2. The van der Waals surface area contributed by atoms with E-state index in [4.69, 9.17) is 4.74 Å². The van der Waals surface area contributed by atoms with Gasteiger partial charge in [0, 0.05) is 5.56 Å². The quantitative estimate of drug-likeness (QED) is 0.785. The second-order valence-electron chi connectivity index (χ2n) is 4.11. The lowest BCUT2D eigenvalue weighted by atomic mass is 10.0. The second kappa shape index (κ2) is 5.44. The van der Waals surface area contributed by atoms with E-state index >= 15 is 0 Å². The standard InChI is InChI=1S/C15H12O5/c1-20-13-7-11(6-12(8-13)15(18)19)9-3-2-4-10(5-9)14(16)17/h2-8H,1H3,(H,16,17)(H,18,19)/p-2. The molecule has 0 spiro atoms. The fourth-order valence-electron chi connectivity index (χ4n) is 1.83. The number of carbonyl (C=O) groups is 2. The minimum atomic E-state index is -1.33. The van der Waals surface area contributed by atoms with E-state index in [1.807, 2.05) is 0 Å². The van der Waals surface area contributed by atoms with Crippen LogP contribution in [0.3, 0.4) is 0 Å². The third kappa shape index (κ3) is 2.77. The van der Waals surface area contributed by atoms with Gasteiger partial charge >= 0.3 is 0 Å². The number of ether oxygens (including phenoxy) is 1. The Balaban J connectivity index is 2.56. The molecule has 0 heterocycles. The van der Waals surface area contributed by atoms with Crippen molar-refractivity contribution >= 4 is 11.9 Å². The summed E-state index contributed by atoms with van der Waals surface area (Å²) in [5, 5.41) is 21.8. The molecule has 2 rings (SSSR count). The molecule has 0 bridgehead atoms. The van der Waals surface area contributed by atoms with E-state index in [0.717, 1.165) is 0 Å². The molecule has 0 unspecified atom stereocenters. The molecule has 0 radical (unpaired) electrons. The van der Waals surface area contributed by atoms with Gasteiger partial charge < -0.3 is 24.5 Å². The van der Waals surface area contributed by atoms with Gasteiger partial charge in [0.2, 0.25) is 0 Å². The second-order valence-corrected chi connectivity index (χ2v) is 4.11. The molecular weight excluding hydrogens is 260 g/mol. The smallest absolute Gasteiger partial charge is 0.120 e. The van der Waals surface area contributed by atoms with E-state index < -0.39 is 11.9 Å². The Morgan fingerprint density at radius 3 is 2.15 bits per heavy atom. The zero-order chi connectivity index (χ0) is 14.7. The molecule has 0 saturated heterocycles. The van der Waals surface area contributed by atoms with E-state index in [9.17, 15) is 19.8 Å². The maximum Gasteiger partial charge on any atom is 0.120 e. The molecule has 5 nitrogen and oxygen atoms in total. The van der Waals surface area contributed by atoms with Gasteiger partial charge in [0.1, 0.15) is 5.75 Å². The van der Waals surface area contributed by atoms with Crippen LogP contribution in [0.25, 0.3) is 11.1 Å². The maximum atomic E-state index is 11.0. The number of carboxylic acid groups (broad SMARTS) is 2. The van der Waals surface area contributed by atoms with Gasteiger partial charge in [-0.1, -0.05) is 18.2 Å². The molecule has 2 aromatic rings. The number of aromatic carboxylic acids is 2. The third-order valence-corrected chi connectivity index (χ3v) is 2.81. The molecule has 0 fully saturated rings. The Labute approximate surface area is 115 Å². The van der Waals surface area contributed by atoms with Gasteiger partial charge in [-0.2, -0.15) is 0 Å². The Morgan fingerprint density at radius 2 is 1.55 bits per heavy atom. The van der Waals surface area contributed by atoms with Crippen LogP contribution >= 0.6 is 0 Å². The normalized spacial score (nSPS) is 10.1. The lowest BCUT2D eigenvalue weighted by Crippen LogP contribution is -2.22. The van der Waals surface area contributed by atoms with Crippen molar-refractivity contribution in [1.29, 1.82) is 0 Å². The molecule has 0 amide bonds. The van der Waals surface area contributed by atoms with Gasteiger partial charge in [-0.25, -0.2) is 0 Å². The minimum Gasteiger partial charge on any atom is -0.545 e. The van der Waals surface area contributed by atoms with Crippen LogP contribution < -0.4 is 14.9 Å². The molecule has 0 saturated carbocycles. The summed E-state index contributed by atoms with van der Waals surface area (Å²) in [5.41, 5.74) is 1.04. The van der Waals surface area contributed by atoms with E-state index in [2.05, 4.69) is 0 Å². The van der Waals surface area contributed by atoms with Crippen LogP contribution in [0.2, 0.25) is 0 Å². The predicted molar refractivity (Wildman–Crippen MR) is 67.1 cm³/mol. The average Bonchev–Trinajstić information content (AvgIpc) is 2.46. The molecule has 0 N–H and O–H groups in total. The highest BCUT2D eigenvalue weighted by molar-refractivity contribution is 5.90. The van der Waals surface area contributed by atoms with Gasteiger partial charge in [-0.3, -0.25) is 0 Å². The number of hydrogen-bond donors (Lipinski definition) is 0. The summed E-state index contributed by atoms with van der Waals surface area (Å²) in [6.07, 6.45) is 0. The number of hydrogen-bond acceptors (Lipinski definition) is 5. The molecule has 0 atom stereocenters. The lowest BCUT2D eigenvalue weighted by Gasteiger charge is -2.11. The van der Waals surface area contributed by atoms with Gasteiger partial charge in [0.15, 0.2) is 0 Å². The maximum absolute atomic E-state index is 11.0. The van der Waals surface area contributed by atoms with Crippen LogP contribution in [0.1, 0.15) is 20.7 Å². The lowest BCUT2D eigenvalue weighted by molar-refractivity contribution is -0.256. The number of benzene rings is 2. The van der Waals surface area contributed by atoms with Crippen molar-refractivity contribution in [2.75, 3.05) is 7.11 Å². The van der Waals surface area contributed by atoms with Crippen molar-refractivity contribution in [3.63, 3.8) is 0 Å². The monoisotopic (exact) mass is 270 g/mol. The number of methoxy groups -OCH3 is 1. The van der Waals surface area contributed by atoms with Crippen molar-refractivity contribution in [3.05, 3.63) is 53.6 Å². The molecule has 0 aliphatic rings. The van der Waals surface area contributed by atoms with E-state index in [0.29, 0.717) is 16.9 Å². The van der Waals surface area contributed by atoms with Gasteiger partial charge in [-0.05, 0) is 41.0 Å². The highest BCUT2D eigenvalue weighted by Gasteiger charge is 2.06. The van der Waals surface area contributed by atoms with Crippen LogP contribution in [0, 0.1) is 0 Å². The summed E-state index contributed by atoms with van der Waals surface area (Å²) in [7, 11) is 1.41. The summed E-state index contributed by atoms with van der Waals surface area (Å²) < 4.78 is 5.03. The topological polar surface area (TPSA) is 89.5 Å². The molecule has 0 aromatic heterocycles. The third-order valence-electron chi connectivity index (χ3n) is 2.81. The number of carbonyl (C=O) groups excluding carboxylic acids is 2. The fraction of sp³-hybridized carbons (Fsp3) is 0.0667. The van der Waals surface area contributed by atoms with Crippen molar-refractivity contribution in [3.8, 4) is 16.9 Å². The number of carboxylic acids is 2.